The summed E-state index contributed by atoms with van der Waals surface area (Å²) in [7, 11) is 0. The Balaban J connectivity index is 2.42. The van der Waals surface area contributed by atoms with Crippen LogP contribution in [0.25, 0.3) is 5.69 Å². The van der Waals surface area contributed by atoms with Crippen LogP contribution >= 0.6 is 31.9 Å². The molecular weight excluding hydrogens is 350 g/mol. The van der Waals surface area contributed by atoms with E-state index in [0.29, 0.717) is 5.82 Å². The van der Waals surface area contributed by atoms with Crippen molar-refractivity contribution < 1.29 is 0 Å². The molecule has 1 aromatic heterocycles. The average molecular weight is 361 g/mol. The van der Waals surface area contributed by atoms with E-state index in [4.69, 9.17) is 0 Å². The second-order valence-corrected chi connectivity index (χ2v) is 6.07. The highest BCUT2D eigenvalue weighted by molar-refractivity contribution is 9.12. The summed E-state index contributed by atoms with van der Waals surface area (Å²) in [5.41, 5.74) is 0.519. The van der Waals surface area contributed by atoms with Crippen molar-refractivity contribution >= 4 is 31.9 Å². The molecule has 0 fully saturated rings. The molecule has 0 saturated carbocycles. The van der Waals surface area contributed by atoms with Crippen molar-refractivity contribution in [2.24, 2.45) is 0 Å². The highest BCUT2D eigenvalue weighted by Gasteiger charge is 2.18. The minimum Gasteiger partial charge on any atom is -0.291 e. The number of benzene rings is 1. The Kier molecular flexibility index (Phi) is 3.83. The van der Waals surface area contributed by atoms with Crippen LogP contribution in [0.3, 0.4) is 0 Å². The predicted octanol–water partition coefficient (Wildman–Crippen LogP) is 2.78. The summed E-state index contributed by atoms with van der Waals surface area (Å²) >= 11 is 6.93. The van der Waals surface area contributed by atoms with E-state index < -0.39 is 0 Å². The molecule has 90 valence electrons. The normalized spacial score (nSPS) is 14.5. The van der Waals surface area contributed by atoms with Crippen molar-refractivity contribution in [3.05, 3.63) is 46.6 Å². The van der Waals surface area contributed by atoms with Gasteiger partial charge >= 0.3 is 5.69 Å². The molecule has 2 rings (SSSR count). The van der Waals surface area contributed by atoms with Crippen LogP contribution in [0.5, 0.6) is 0 Å². The lowest BCUT2D eigenvalue weighted by atomic mass is 10.3. The fourth-order valence-electron chi connectivity index (χ4n) is 1.43. The number of halogens is 2. The van der Waals surface area contributed by atoms with Gasteiger partial charge in [0.05, 0.1) is 10.5 Å². The van der Waals surface area contributed by atoms with Crippen molar-refractivity contribution in [3.63, 3.8) is 0 Å². The van der Waals surface area contributed by atoms with E-state index in [1.165, 1.54) is 4.68 Å². The van der Waals surface area contributed by atoms with Gasteiger partial charge in [-0.05, 0) is 12.1 Å². The van der Waals surface area contributed by atoms with Gasteiger partial charge in [0.15, 0.2) is 0 Å². The smallest absolute Gasteiger partial charge is 0.291 e. The van der Waals surface area contributed by atoms with E-state index in [2.05, 4.69) is 41.9 Å². The molecule has 1 aromatic carbocycles. The van der Waals surface area contributed by atoms with Crippen LogP contribution in [0.4, 0.5) is 0 Å². The Morgan fingerprint density at radius 3 is 2.53 bits per heavy atom. The third kappa shape index (κ3) is 2.69. The van der Waals surface area contributed by atoms with Gasteiger partial charge in [-0.15, -0.1) is 5.10 Å². The molecule has 0 aliphatic carbocycles. The van der Waals surface area contributed by atoms with E-state index in [9.17, 15) is 4.79 Å². The number of aromatic nitrogens is 3. The van der Waals surface area contributed by atoms with E-state index >= 15 is 0 Å². The zero-order valence-electron chi connectivity index (χ0n) is 9.10. The molecule has 17 heavy (non-hydrogen) atoms. The van der Waals surface area contributed by atoms with Crippen molar-refractivity contribution in [3.8, 4) is 5.69 Å². The maximum atomic E-state index is 11.8. The van der Waals surface area contributed by atoms with Gasteiger partial charge in [-0.3, -0.25) is 4.98 Å². The van der Waals surface area contributed by atoms with Crippen LogP contribution in [0.2, 0.25) is 0 Å². The molecule has 6 heteroatoms. The van der Waals surface area contributed by atoms with E-state index in [1.807, 2.05) is 37.3 Å². The first-order valence-electron chi connectivity index (χ1n) is 5.12. The molecule has 1 heterocycles. The van der Waals surface area contributed by atoms with E-state index in [0.717, 1.165) is 5.69 Å². The standard InChI is InChI=1S/C11H11Br2N3O/c1-7(12)9(13)10-14-11(17)16(15-10)8-5-3-2-4-6-8/h2-7,9H,1H3,(H,14,15,17)/t7-,9-/m0/s1. The summed E-state index contributed by atoms with van der Waals surface area (Å²) < 4.78 is 1.36. The van der Waals surface area contributed by atoms with Gasteiger partial charge in [-0.1, -0.05) is 57.0 Å². The second kappa shape index (κ2) is 5.18. The lowest BCUT2D eigenvalue weighted by molar-refractivity contribution is 0.797. The maximum Gasteiger partial charge on any atom is 0.348 e. The molecule has 0 bridgehead atoms. The van der Waals surface area contributed by atoms with Gasteiger partial charge in [0, 0.05) is 4.83 Å². The van der Waals surface area contributed by atoms with Crippen LogP contribution in [0.15, 0.2) is 35.1 Å². The molecule has 0 saturated heterocycles. The monoisotopic (exact) mass is 359 g/mol. The molecule has 0 unspecified atom stereocenters. The highest BCUT2D eigenvalue weighted by Crippen LogP contribution is 2.27. The fraction of sp³-hybridized carbons (Fsp3) is 0.273. The Hall–Kier alpha value is -0.880. The number of hydrogen-bond donors (Lipinski definition) is 1. The van der Waals surface area contributed by atoms with Crippen LogP contribution < -0.4 is 5.69 Å². The van der Waals surface area contributed by atoms with Gasteiger partial charge in [-0.2, -0.15) is 4.68 Å². The zero-order chi connectivity index (χ0) is 12.4. The first kappa shape index (κ1) is 12.6. The maximum absolute atomic E-state index is 11.8. The Morgan fingerprint density at radius 2 is 1.94 bits per heavy atom. The lowest BCUT2D eigenvalue weighted by Gasteiger charge is -2.07. The fourth-order valence-corrected chi connectivity index (χ4v) is 1.88. The number of para-hydroxylation sites is 1. The van der Waals surface area contributed by atoms with Crippen molar-refractivity contribution in [1.82, 2.24) is 14.8 Å². The molecule has 0 aliphatic heterocycles. The summed E-state index contributed by atoms with van der Waals surface area (Å²) in [4.78, 5) is 14.7. The number of aromatic amines is 1. The van der Waals surface area contributed by atoms with Crippen molar-refractivity contribution in [2.45, 2.75) is 16.6 Å². The average Bonchev–Trinajstić information content (AvgIpc) is 2.71. The second-order valence-electron chi connectivity index (χ2n) is 3.64. The quantitative estimate of drug-likeness (QED) is 0.855. The number of H-pyrrole nitrogens is 1. The van der Waals surface area contributed by atoms with Crippen molar-refractivity contribution in [1.29, 1.82) is 0 Å². The molecule has 0 radical (unpaired) electrons. The van der Waals surface area contributed by atoms with E-state index in [1.54, 1.807) is 0 Å². The first-order chi connectivity index (χ1) is 8.09. The molecule has 0 aliphatic rings. The number of hydrogen-bond acceptors (Lipinski definition) is 2. The van der Waals surface area contributed by atoms with Gasteiger partial charge in [-0.25, -0.2) is 4.79 Å². The van der Waals surface area contributed by atoms with Crippen LogP contribution in [-0.2, 0) is 0 Å². The van der Waals surface area contributed by atoms with Crippen LogP contribution in [-0.4, -0.2) is 19.6 Å². The molecule has 0 amide bonds. The summed E-state index contributed by atoms with van der Waals surface area (Å²) in [5.74, 6) is 0.614. The van der Waals surface area contributed by atoms with Crippen LogP contribution in [0, 0.1) is 0 Å². The summed E-state index contributed by atoms with van der Waals surface area (Å²) in [6, 6.07) is 9.32. The van der Waals surface area contributed by atoms with Gasteiger partial charge < -0.3 is 0 Å². The number of nitrogens with zero attached hydrogens (tertiary/aromatic N) is 2. The number of nitrogens with one attached hydrogen (secondary N) is 1. The predicted molar refractivity (Wildman–Crippen MR) is 74.2 cm³/mol. The summed E-state index contributed by atoms with van der Waals surface area (Å²) in [6.45, 7) is 1.99. The molecule has 2 atom stereocenters. The minimum atomic E-state index is -0.233. The van der Waals surface area contributed by atoms with Gasteiger partial charge in [0.25, 0.3) is 0 Å². The SMILES string of the molecule is C[C@H](Br)[C@H](Br)c1nn(-c2ccccc2)c(=O)[nH]1. The summed E-state index contributed by atoms with van der Waals surface area (Å²) in [5, 5.41) is 4.27. The zero-order valence-corrected chi connectivity index (χ0v) is 12.3. The van der Waals surface area contributed by atoms with Crippen molar-refractivity contribution in [2.75, 3.05) is 0 Å². The minimum absolute atomic E-state index is 0.0276. The molecule has 4 nitrogen and oxygen atoms in total. The van der Waals surface area contributed by atoms with Gasteiger partial charge in [0.2, 0.25) is 0 Å². The third-order valence-corrected chi connectivity index (χ3v) is 4.77. The first-order valence-corrected chi connectivity index (χ1v) is 6.95. The van der Waals surface area contributed by atoms with E-state index in [-0.39, 0.29) is 15.3 Å². The molecular formula is C11H11Br2N3O. The Bertz CT molecular complexity index is 547. The Morgan fingerprint density at radius 1 is 1.29 bits per heavy atom. The summed E-state index contributed by atoms with van der Waals surface area (Å²) in [6.07, 6.45) is 0. The van der Waals surface area contributed by atoms with Crippen LogP contribution in [0.1, 0.15) is 17.6 Å². The molecule has 0 spiro atoms. The largest absolute Gasteiger partial charge is 0.348 e. The Labute approximate surface area is 115 Å². The highest BCUT2D eigenvalue weighted by atomic mass is 79.9. The molecule has 1 N–H and O–H groups in total. The van der Waals surface area contributed by atoms with Gasteiger partial charge in [0.1, 0.15) is 5.82 Å². The lowest BCUT2D eigenvalue weighted by Crippen LogP contribution is -2.15. The molecule has 2 aromatic rings. The number of rotatable bonds is 3. The number of alkyl halides is 2. The third-order valence-electron chi connectivity index (χ3n) is 2.30. The topological polar surface area (TPSA) is 50.7 Å².